The second kappa shape index (κ2) is 4.56. The molecule has 0 heterocycles. The van der Waals surface area contributed by atoms with Crippen molar-refractivity contribution < 1.29 is 13.6 Å². The lowest BCUT2D eigenvalue weighted by atomic mass is 9.98. The minimum absolute atomic E-state index is 0.162. The summed E-state index contributed by atoms with van der Waals surface area (Å²) in [5.74, 6) is -2.09. The molecule has 0 spiro atoms. The summed E-state index contributed by atoms with van der Waals surface area (Å²) in [6, 6.07) is 7.71. The van der Waals surface area contributed by atoms with Crippen LogP contribution in [-0.2, 0) is 0 Å². The fourth-order valence-electron chi connectivity index (χ4n) is 1.70. The Kier molecular flexibility index (Phi) is 3.10. The molecule has 0 bridgehead atoms. The SMILES string of the molecule is Cc1ccc(N)cc1C(=O)c1ccc(F)cc1F. The fourth-order valence-corrected chi connectivity index (χ4v) is 1.70. The number of nitrogens with two attached hydrogens (primary N) is 1. The van der Waals surface area contributed by atoms with Crippen LogP contribution in [0.3, 0.4) is 0 Å². The maximum Gasteiger partial charge on any atom is 0.196 e. The van der Waals surface area contributed by atoms with Crippen LogP contribution in [0.4, 0.5) is 14.5 Å². The quantitative estimate of drug-likeness (QED) is 0.654. The van der Waals surface area contributed by atoms with E-state index in [2.05, 4.69) is 0 Å². The van der Waals surface area contributed by atoms with Crippen LogP contribution in [0.5, 0.6) is 0 Å². The Balaban J connectivity index is 2.51. The van der Waals surface area contributed by atoms with Crippen molar-refractivity contribution in [2.45, 2.75) is 6.92 Å². The standard InChI is InChI=1S/C14H11F2NO/c1-8-2-4-10(17)7-12(8)14(18)11-5-3-9(15)6-13(11)16/h2-7H,17H2,1H3. The first-order valence-electron chi connectivity index (χ1n) is 5.35. The second-order valence-corrected chi connectivity index (χ2v) is 4.03. The normalized spacial score (nSPS) is 10.4. The zero-order chi connectivity index (χ0) is 13.3. The largest absolute Gasteiger partial charge is 0.399 e. The van der Waals surface area contributed by atoms with Gasteiger partial charge in [-0.1, -0.05) is 6.07 Å². The summed E-state index contributed by atoms with van der Waals surface area (Å²) in [7, 11) is 0. The van der Waals surface area contributed by atoms with Crippen LogP contribution in [0.25, 0.3) is 0 Å². The molecule has 0 aliphatic heterocycles. The third-order valence-electron chi connectivity index (χ3n) is 2.68. The highest BCUT2D eigenvalue weighted by molar-refractivity contribution is 6.10. The fraction of sp³-hybridized carbons (Fsp3) is 0.0714. The smallest absolute Gasteiger partial charge is 0.196 e. The summed E-state index contributed by atoms with van der Waals surface area (Å²) in [5.41, 5.74) is 6.87. The van der Waals surface area contributed by atoms with E-state index >= 15 is 0 Å². The van der Waals surface area contributed by atoms with Gasteiger partial charge in [0.05, 0.1) is 5.56 Å². The van der Waals surface area contributed by atoms with Gasteiger partial charge in [0.15, 0.2) is 5.78 Å². The number of hydrogen-bond acceptors (Lipinski definition) is 2. The van der Waals surface area contributed by atoms with E-state index in [0.717, 1.165) is 12.1 Å². The number of nitrogen functional groups attached to an aromatic ring is 1. The van der Waals surface area contributed by atoms with Gasteiger partial charge in [0, 0.05) is 17.3 Å². The minimum Gasteiger partial charge on any atom is -0.399 e. The Morgan fingerprint density at radius 2 is 1.78 bits per heavy atom. The zero-order valence-electron chi connectivity index (χ0n) is 9.71. The number of halogens is 2. The van der Waals surface area contributed by atoms with E-state index in [1.165, 1.54) is 6.07 Å². The molecule has 2 rings (SSSR count). The first kappa shape index (κ1) is 12.2. The molecule has 0 aliphatic rings. The molecule has 18 heavy (non-hydrogen) atoms. The molecule has 0 saturated heterocycles. The molecule has 0 saturated carbocycles. The molecule has 0 unspecified atom stereocenters. The van der Waals surface area contributed by atoms with Crippen molar-refractivity contribution in [2.75, 3.05) is 5.73 Å². The van der Waals surface area contributed by atoms with Gasteiger partial charge in [-0.05, 0) is 36.8 Å². The second-order valence-electron chi connectivity index (χ2n) is 4.03. The summed E-state index contributed by atoms with van der Waals surface area (Å²) in [5, 5.41) is 0. The zero-order valence-corrected chi connectivity index (χ0v) is 9.71. The summed E-state index contributed by atoms with van der Waals surface area (Å²) < 4.78 is 26.3. The van der Waals surface area contributed by atoms with Gasteiger partial charge in [0.2, 0.25) is 0 Å². The minimum atomic E-state index is -0.873. The number of ketones is 1. The van der Waals surface area contributed by atoms with Crippen LogP contribution < -0.4 is 5.73 Å². The van der Waals surface area contributed by atoms with Crippen molar-refractivity contribution in [3.8, 4) is 0 Å². The monoisotopic (exact) mass is 247 g/mol. The molecule has 2 N–H and O–H groups in total. The Labute approximate surface area is 103 Å². The number of rotatable bonds is 2. The van der Waals surface area contributed by atoms with Crippen molar-refractivity contribution in [1.82, 2.24) is 0 Å². The molecule has 2 nitrogen and oxygen atoms in total. The number of aryl methyl sites for hydroxylation is 1. The summed E-state index contributed by atoms with van der Waals surface area (Å²) in [6.07, 6.45) is 0. The summed E-state index contributed by atoms with van der Waals surface area (Å²) in [4.78, 5) is 12.1. The highest BCUT2D eigenvalue weighted by atomic mass is 19.1. The molecular formula is C14H11F2NO. The number of hydrogen-bond donors (Lipinski definition) is 1. The summed E-state index contributed by atoms with van der Waals surface area (Å²) in [6.45, 7) is 1.73. The molecule has 0 atom stereocenters. The van der Waals surface area contributed by atoms with Crippen LogP contribution >= 0.6 is 0 Å². The van der Waals surface area contributed by atoms with Crippen molar-refractivity contribution in [3.63, 3.8) is 0 Å². The van der Waals surface area contributed by atoms with Gasteiger partial charge in [0.25, 0.3) is 0 Å². The van der Waals surface area contributed by atoms with Gasteiger partial charge in [-0.2, -0.15) is 0 Å². The number of carbonyl (C=O) groups is 1. The average molecular weight is 247 g/mol. The van der Waals surface area contributed by atoms with Gasteiger partial charge in [-0.25, -0.2) is 8.78 Å². The molecule has 0 radical (unpaired) electrons. The molecule has 0 fully saturated rings. The van der Waals surface area contributed by atoms with Crippen LogP contribution in [0.15, 0.2) is 36.4 Å². The predicted molar refractivity (Wildman–Crippen MR) is 65.4 cm³/mol. The van der Waals surface area contributed by atoms with E-state index in [4.69, 9.17) is 5.73 Å². The third-order valence-corrected chi connectivity index (χ3v) is 2.68. The van der Waals surface area contributed by atoms with E-state index < -0.39 is 17.4 Å². The van der Waals surface area contributed by atoms with Crippen molar-refractivity contribution in [3.05, 3.63) is 64.7 Å². The molecule has 0 amide bonds. The maximum absolute atomic E-state index is 13.5. The first-order chi connectivity index (χ1) is 8.49. The van der Waals surface area contributed by atoms with Crippen LogP contribution in [0.2, 0.25) is 0 Å². The Hall–Kier alpha value is -2.23. The maximum atomic E-state index is 13.5. The van der Waals surface area contributed by atoms with E-state index in [1.807, 2.05) is 0 Å². The highest BCUT2D eigenvalue weighted by Gasteiger charge is 2.16. The van der Waals surface area contributed by atoms with Crippen molar-refractivity contribution >= 4 is 11.5 Å². The third kappa shape index (κ3) is 2.22. The van der Waals surface area contributed by atoms with Crippen LogP contribution in [-0.4, -0.2) is 5.78 Å². The average Bonchev–Trinajstić information content (AvgIpc) is 2.31. The van der Waals surface area contributed by atoms with Crippen molar-refractivity contribution in [2.24, 2.45) is 0 Å². The van der Waals surface area contributed by atoms with Crippen LogP contribution in [0, 0.1) is 18.6 Å². The molecule has 0 aromatic heterocycles. The summed E-state index contributed by atoms with van der Waals surface area (Å²) >= 11 is 0. The molecule has 0 aliphatic carbocycles. The Morgan fingerprint density at radius 3 is 2.44 bits per heavy atom. The van der Waals surface area contributed by atoms with E-state index in [1.54, 1.807) is 19.1 Å². The van der Waals surface area contributed by atoms with Gasteiger partial charge in [-0.15, -0.1) is 0 Å². The lowest BCUT2D eigenvalue weighted by Crippen LogP contribution is -2.07. The van der Waals surface area contributed by atoms with Crippen molar-refractivity contribution in [1.29, 1.82) is 0 Å². The lowest BCUT2D eigenvalue weighted by molar-refractivity contribution is 0.103. The molecular weight excluding hydrogens is 236 g/mol. The number of carbonyl (C=O) groups excluding carboxylic acids is 1. The number of anilines is 1. The number of benzene rings is 2. The van der Waals surface area contributed by atoms with Crippen LogP contribution in [0.1, 0.15) is 21.5 Å². The Morgan fingerprint density at radius 1 is 1.06 bits per heavy atom. The molecule has 2 aromatic rings. The van der Waals surface area contributed by atoms with Gasteiger partial charge in [0.1, 0.15) is 11.6 Å². The van der Waals surface area contributed by atoms with E-state index in [-0.39, 0.29) is 5.56 Å². The topological polar surface area (TPSA) is 43.1 Å². The molecule has 2 aromatic carbocycles. The van der Waals surface area contributed by atoms with E-state index in [9.17, 15) is 13.6 Å². The lowest BCUT2D eigenvalue weighted by Gasteiger charge is -2.07. The van der Waals surface area contributed by atoms with Gasteiger partial charge >= 0.3 is 0 Å². The van der Waals surface area contributed by atoms with Gasteiger partial charge in [-0.3, -0.25) is 4.79 Å². The molecule has 92 valence electrons. The van der Waals surface area contributed by atoms with E-state index in [0.29, 0.717) is 22.9 Å². The predicted octanol–water partition coefficient (Wildman–Crippen LogP) is 3.09. The van der Waals surface area contributed by atoms with Gasteiger partial charge < -0.3 is 5.73 Å². The highest BCUT2D eigenvalue weighted by Crippen LogP contribution is 2.19. The molecule has 4 heteroatoms. The Bertz CT molecular complexity index is 623. The first-order valence-corrected chi connectivity index (χ1v) is 5.35.